The average molecular weight is 338 g/mol. The van der Waals surface area contributed by atoms with Gasteiger partial charge in [-0.2, -0.15) is 0 Å². The van der Waals surface area contributed by atoms with Gasteiger partial charge in [0.15, 0.2) is 11.6 Å². The first kappa shape index (κ1) is 15.0. The zero-order valence-corrected chi connectivity index (χ0v) is 13.1. The third-order valence-electron chi connectivity index (χ3n) is 3.20. The lowest BCUT2D eigenvalue weighted by Crippen LogP contribution is -2.18. The van der Waals surface area contributed by atoms with Crippen LogP contribution in [0, 0.1) is 5.82 Å². The maximum absolute atomic E-state index is 13.6. The van der Waals surface area contributed by atoms with Gasteiger partial charge in [0.2, 0.25) is 0 Å². The van der Waals surface area contributed by atoms with E-state index in [-0.39, 0.29) is 17.6 Å². The second-order valence-corrected chi connectivity index (χ2v) is 5.45. The van der Waals surface area contributed by atoms with Crippen molar-refractivity contribution >= 4 is 15.9 Å². The quantitative estimate of drug-likeness (QED) is 0.870. The van der Waals surface area contributed by atoms with Crippen molar-refractivity contribution in [2.75, 3.05) is 7.11 Å². The largest absolute Gasteiger partial charge is 0.494 e. The Kier molecular flexibility index (Phi) is 5.15. The van der Waals surface area contributed by atoms with Gasteiger partial charge >= 0.3 is 0 Å². The predicted octanol–water partition coefficient (Wildman–Crippen LogP) is 4.45. The molecule has 0 saturated heterocycles. The lowest BCUT2D eigenvalue weighted by molar-refractivity contribution is 0.386. The van der Waals surface area contributed by atoms with Crippen LogP contribution in [0.15, 0.2) is 46.9 Å². The molecule has 20 heavy (non-hydrogen) atoms. The first-order valence-electron chi connectivity index (χ1n) is 6.42. The number of hydrogen-bond donors (Lipinski definition) is 1. The molecule has 2 aromatic carbocycles. The Balaban J connectivity index is 2.02. The minimum atomic E-state index is -0.333. The van der Waals surface area contributed by atoms with Crippen molar-refractivity contribution in [3.05, 3.63) is 63.9 Å². The molecule has 0 spiro atoms. The van der Waals surface area contributed by atoms with E-state index in [2.05, 4.69) is 34.2 Å². The molecule has 0 bridgehead atoms. The van der Waals surface area contributed by atoms with E-state index in [0.717, 1.165) is 10.0 Å². The summed E-state index contributed by atoms with van der Waals surface area (Å²) in [7, 11) is 1.46. The average Bonchev–Trinajstić information content (AvgIpc) is 2.45. The summed E-state index contributed by atoms with van der Waals surface area (Å²) in [6, 6.07) is 13.3. The zero-order valence-electron chi connectivity index (χ0n) is 11.5. The van der Waals surface area contributed by atoms with Crippen molar-refractivity contribution in [3.8, 4) is 5.75 Å². The molecule has 0 aliphatic rings. The van der Waals surface area contributed by atoms with E-state index >= 15 is 0 Å². The van der Waals surface area contributed by atoms with Crippen LogP contribution in [0.1, 0.15) is 24.1 Å². The van der Waals surface area contributed by atoms with Gasteiger partial charge in [-0.3, -0.25) is 0 Å². The monoisotopic (exact) mass is 337 g/mol. The predicted molar refractivity (Wildman–Crippen MR) is 82.3 cm³/mol. The highest BCUT2D eigenvalue weighted by molar-refractivity contribution is 9.10. The standard InChI is InChI=1S/C16H17BrFNO/c1-11(13-5-3-4-6-14(13)17)19-10-12-7-8-16(20-2)15(18)9-12/h3-9,11,19H,10H2,1-2H3/t11-/m1/s1. The minimum absolute atomic E-state index is 0.177. The van der Waals surface area contributed by atoms with Gasteiger partial charge in [0, 0.05) is 17.1 Å². The fraction of sp³-hybridized carbons (Fsp3) is 0.250. The zero-order chi connectivity index (χ0) is 14.5. The van der Waals surface area contributed by atoms with Crippen LogP contribution in [0.3, 0.4) is 0 Å². The molecule has 0 heterocycles. The molecule has 2 aromatic rings. The highest BCUT2D eigenvalue weighted by Crippen LogP contribution is 2.23. The van der Waals surface area contributed by atoms with Gasteiger partial charge in [0.05, 0.1) is 7.11 Å². The van der Waals surface area contributed by atoms with Gasteiger partial charge in [-0.1, -0.05) is 40.2 Å². The van der Waals surface area contributed by atoms with E-state index in [1.54, 1.807) is 6.07 Å². The van der Waals surface area contributed by atoms with Crippen LogP contribution in [0.4, 0.5) is 4.39 Å². The number of methoxy groups -OCH3 is 1. The Bertz CT molecular complexity index is 588. The normalized spacial score (nSPS) is 12.2. The first-order chi connectivity index (χ1) is 9.61. The molecule has 0 aromatic heterocycles. The van der Waals surface area contributed by atoms with Gasteiger partial charge in [0.1, 0.15) is 0 Å². The first-order valence-corrected chi connectivity index (χ1v) is 7.21. The van der Waals surface area contributed by atoms with Crippen molar-refractivity contribution in [1.82, 2.24) is 5.32 Å². The Morgan fingerprint density at radius 2 is 2.00 bits per heavy atom. The van der Waals surface area contributed by atoms with E-state index in [1.165, 1.54) is 18.7 Å². The fourth-order valence-corrected chi connectivity index (χ4v) is 2.66. The van der Waals surface area contributed by atoms with Crippen molar-refractivity contribution < 1.29 is 9.13 Å². The molecular weight excluding hydrogens is 321 g/mol. The highest BCUT2D eigenvalue weighted by atomic mass is 79.9. The summed E-state index contributed by atoms with van der Waals surface area (Å²) >= 11 is 3.54. The number of ether oxygens (including phenoxy) is 1. The molecule has 106 valence electrons. The second kappa shape index (κ2) is 6.86. The molecule has 0 unspecified atom stereocenters. The van der Waals surface area contributed by atoms with Crippen LogP contribution in [-0.2, 0) is 6.54 Å². The number of rotatable bonds is 5. The SMILES string of the molecule is COc1ccc(CN[C@H](C)c2ccccc2Br)cc1F. The van der Waals surface area contributed by atoms with Gasteiger partial charge in [-0.15, -0.1) is 0 Å². The summed E-state index contributed by atoms with van der Waals surface area (Å²) in [5.74, 6) is -0.0621. The van der Waals surface area contributed by atoms with Crippen LogP contribution in [0.25, 0.3) is 0 Å². The van der Waals surface area contributed by atoms with Crippen molar-refractivity contribution in [2.24, 2.45) is 0 Å². The number of halogens is 2. The molecule has 0 amide bonds. The molecule has 4 heteroatoms. The summed E-state index contributed by atoms with van der Waals surface area (Å²) in [5, 5.41) is 3.38. The topological polar surface area (TPSA) is 21.3 Å². The van der Waals surface area contributed by atoms with Crippen molar-refractivity contribution in [2.45, 2.75) is 19.5 Å². The Morgan fingerprint density at radius 1 is 1.25 bits per heavy atom. The van der Waals surface area contributed by atoms with Gasteiger partial charge in [-0.05, 0) is 36.2 Å². The number of hydrogen-bond acceptors (Lipinski definition) is 2. The molecule has 0 aliphatic carbocycles. The van der Waals surface area contributed by atoms with E-state index in [9.17, 15) is 4.39 Å². The summed E-state index contributed by atoms with van der Waals surface area (Å²) in [6.07, 6.45) is 0. The van der Waals surface area contributed by atoms with Crippen LogP contribution in [-0.4, -0.2) is 7.11 Å². The summed E-state index contributed by atoms with van der Waals surface area (Å²) < 4.78 is 19.6. The summed E-state index contributed by atoms with van der Waals surface area (Å²) in [5.41, 5.74) is 2.07. The van der Waals surface area contributed by atoms with Crippen LogP contribution in [0.5, 0.6) is 5.75 Å². The van der Waals surface area contributed by atoms with Gasteiger partial charge in [-0.25, -0.2) is 4.39 Å². The molecular formula is C16H17BrFNO. The Hall–Kier alpha value is -1.39. The van der Waals surface area contributed by atoms with E-state index < -0.39 is 0 Å². The fourth-order valence-electron chi connectivity index (χ4n) is 2.03. The van der Waals surface area contributed by atoms with E-state index in [1.807, 2.05) is 24.3 Å². The summed E-state index contributed by atoms with van der Waals surface area (Å²) in [6.45, 7) is 2.68. The third-order valence-corrected chi connectivity index (χ3v) is 3.92. The number of nitrogens with one attached hydrogen (secondary N) is 1. The minimum Gasteiger partial charge on any atom is -0.494 e. The van der Waals surface area contributed by atoms with E-state index in [4.69, 9.17) is 4.74 Å². The maximum Gasteiger partial charge on any atom is 0.165 e. The van der Waals surface area contributed by atoms with Crippen molar-refractivity contribution in [3.63, 3.8) is 0 Å². The lowest BCUT2D eigenvalue weighted by atomic mass is 10.1. The van der Waals surface area contributed by atoms with Gasteiger partial charge < -0.3 is 10.1 Å². The molecule has 1 N–H and O–H groups in total. The number of benzene rings is 2. The van der Waals surface area contributed by atoms with Gasteiger partial charge in [0.25, 0.3) is 0 Å². The Labute approximate surface area is 127 Å². The maximum atomic E-state index is 13.6. The van der Waals surface area contributed by atoms with E-state index in [0.29, 0.717) is 6.54 Å². The lowest BCUT2D eigenvalue weighted by Gasteiger charge is -2.16. The Morgan fingerprint density at radius 3 is 2.65 bits per heavy atom. The molecule has 2 nitrogen and oxygen atoms in total. The molecule has 0 saturated carbocycles. The van der Waals surface area contributed by atoms with Crippen LogP contribution < -0.4 is 10.1 Å². The third kappa shape index (κ3) is 3.58. The van der Waals surface area contributed by atoms with Crippen molar-refractivity contribution in [1.29, 1.82) is 0 Å². The van der Waals surface area contributed by atoms with Crippen LogP contribution in [0.2, 0.25) is 0 Å². The second-order valence-electron chi connectivity index (χ2n) is 4.59. The molecule has 1 atom stereocenters. The summed E-state index contributed by atoms with van der Waals surface area (Å²) in [4.78, 5) is 0. The molecule has 0 aliphatic heterocycles. The van der Waals surface area contributed by atoms with Crippen LogP contribution >= 0.6 is 15.9 Å². The molecule has 2 rings (SSSR count). The molecule has 0 radical (unpaired) electrons. The molecule has 0 fully saturated rings. The smallest absolute Gasteiger partial charge is 0.165 e. The highest BCUT2D eigenvalue weighted by Gasteiger charge is 2.09.